The standard InChI is InChI=1S/C15H21NO4/c17-12-6-5-11(9-12)10-16-7-8-20-14-4-2-1-3-13(14)15(18)19/h1-4,11-12,16-17H,5-10H2,(H,18,19). The molecule has 0 spiro atoms. The van der Waals surface area contributed by atoms with Crippen molar-refractivity contribution in [1.82, 2.24) is 5.32 Å². The second kappa shape index (κ2) is 7.26. The molecule has 0 heterocycles. The molecular formula is C15H21NO4. The predicted molar refractivity (Wildman–Crippen MR) is 75.1 cm³/mol. The van der Waals surface area contributed by atoms with Crippen molar-refractivity contribution in [3.05, 3.63) is 29.8 Å². The third-order valence-electron chi connectivity index (χ3n) is 3.60. The van der Waals surface area contributed by atoms with E-state index in [1.165, 1.54) is 6.07 Å². The topological polar surface area (TPSA) is 78.8 Å². The van der Waals surface area contributed by atoms with Crippen molar-refractivity contribution in [3.8, 4) is 5.75 Å². The largest absolute Gasteiger partial charge is 0.491 e. The zero-order valence-corrected chi connectivity index (χ0v) is 11.4. The van der Waals surface area contributed by atoms with Crippen LogP contribution in [0.3, 0.4) is 0 Å². The minimum absolute atomic E-state index is 0.138. The minimum Gasteiger partial charge on any atom is -0.491 e. The molecule has 3 N–H and O–H groups in total. The Balaban J connectivity index is 1.67. The number of carbonyl (C=O) groups is 1. The smallest absolute Gasteiger partial charge is 0.339 e. The molecule has 0 saturated heterocycles. The number of rotatable bonds is 7. The van der Waals surface area contributed by atoms with Gasteiger partial charge in [0.15, 0.2) is 0 Å². The van der Waals surface area contributed by atoms with Crippen molar-refractivity contribution in [3.63, 3.8) is 0 Å². The van der Waals surface area contributed by atoms with Gasteiger partial charge in [-0.25, -0.2) is 4.79 Å². The number of carboxylic acid groups (broad SMARTS) is 1. The number of hydrogen-bond acceptors (Lipinski definition) is 4. The van der Waals surface area contributed by atoms with Crippen LogP contribution in [-0.2, 0) is 0 Å². The van der Waals surface area contributed by atoms with Crippen molar-refractivity contribution in [2.45, 2.75) is 25.4 Å². The summed E-state index contributed by atoms with van der Waals surface area (Å²) < 4.78 is 5.49. The molecule has 5 heteroatoms. The number of para-hydroxylation sites is 1. The molecule has 1 fully saturated rings. The molecule has 0 amide bonds. The summed E-state index contributed by atoms with van der Waals surface area (Å²) in [4.78, 5) is 11.0. The van der Waals surface area contributed by atoms with E-state index in [0.717, 1.165) is 25.8 Å². The number of nitrogens with one attached hydrogen (secondary N) is 1. The first-order valence-corrected chi connectivity index (χ1v) is 7.00. The molecule has 110 valence electrons. The van der Waals surface area contributed by atoms with Gasteiger partial charge in [-0.05, 0) is 43.9 Å². The van der Waals surface area contributed by atoms with Crippen molar-refractivity contribution >= 4 is 5.97 Å². The Morgan fingerprint density at radius 2 is 2.15 bits per heavy atom. The molecule has 5 nitrogen and oxygen atoms in total. The summed E-state index contributed by atoms with van der Waals surface area (Å²) in [5.41, 5.74) is 0.186. The van der Waals surface area contributed by atoms with Gasteiger partial charge in [-0.3, -0.25) is 0 Å². The maximum atomic E-state index is 11.0. The van der Waals surface area contributed by atoms with Gasteiger partial charge in [-0.15, -0.1) is 0 Å². The zero-order valence-electron chi connectivity index (χ0n) is 11.4. The van der Waals surface area contributed by atoms with Crippen LogP contribution < -0.4 is 10.1 Å². The van der Waals surface area contributed by atoms with Gasteiger partial charge in [0.2, 0.25) is 0 Å². The van der Waals surface area contributed by atoms with E-state index in [1.807, 2.05) is 0 Å². The quantitative estimate of drug-likeness (QED) is 0.659. The van der Waals surface area contributed by atoms with Gasteiger partial charge in [-0.1, -0.05) is 12.1 Å². The third kappa shape index (κ3) is 4.21. The summed E-state index contributed by atoms with van der Waals surface area (Å²) in [6.07, 6.45) is 2.70. The third-order valence-corrected chi connectivity index (χ3v) is 3.60. The molecule has 1 aromatic rings. The molecular weight excluding hydrogens is 258 g/mol. The van der Waals surface area contributed by atoms with Gasteiger partial charge in [0.25, 0.3) is 0 Å². The van der Waals surface area contributed by atoms with Crippen LogP contribution in [-0.4, -0.2) is 42.0 Å². The minimum atomic E-state index is -0.978. The van der Waals surface area contributed by atoms with Crippen molar-refractivity contribution in [2.24, 2.45) is 5.92 Å². The van der Waals surface area contributed by atoms with Crippen molar-refractivity contribution < 1.29 is 19.7 Å². The van der Waals surface area contributed by atoms with Gasteiger partial charge in [-0.2, -0.15) is 0 Å². The lowest BCUT2D eigenvalue weighted by atomic mass is 10.1. The fourth-order valence-corrected chi connectivity index (χ4v) is 2.54. The molecule has 1 aliphatic rings. The van der Waals surface area contributed by atoms with Crippen LogP contribution in [0.2, 0.25) is 0 Å². The maximum absolute atomic E-state index is 11.0. The summed E-state index contributed by atoms with van der Waals surface area (Å²) >= 11 is 0. The van der Waals surface area contributed by atoms with Crippen LogP contribution >= 0.6 is 0 Å². The zero-order chi connectivity index (χ0) is 14.4. The molecule has 2 rings (SSSR count). The Hall–Kier alpha value is -1.59. The van der Waals surface area contributed by atoms with E-state index in [4.69, 9.17) is 9.84 Å². The Morgan fingerprint density at radius 3 is 2.85 bits per heavy atom. The molecule has 2 atom stereocenters. The number of aliphatic hydroxyl groups is 1. The van der Waals surface area contributed by atoms with Gasteiger partial charge in [0.1, 0.15) is 17.9 Å². The van der Waals surface area contributed by atoms with Crippen LogP contribution in [0.15, 0.2) is 24.3 Å². The van der Waals surface area contributed by atoms with Gasteiger partial charge >= 0.3 is 5.97 Å². The second-order valence-corrected chi connectivity index (χ2v) is 5.19. The molecule has 0 aliphatic heterocycles. The van der Waals surface area contributed by atoms with E-state index in [9.17, 15) is 9.90 Å². The van der Waals surface area contributed by atoms with E-state index in [0.29, 0.717) is 24.8 Å². The fraction of sp³-hybridized carbons (Fsp3) is 0.533. The average Bonchev–Trinajstić information content (AvgIpc) is 2.84. The maximum Gasteiger partial charge on any atom is 0.339 e. The van der Waals surface area contributed by atoms with Crippen LogP contribution in [0, 0.1) is 5.92 Å². The SMILES string of the molecule is O=C(O)c1ccccc1OCCNCC1CCC(O)C1. The molecule has 2 unspecified atom stereocenters. The van der Waals surface area contributed by atoms with Gasteiger partial charge < -0.3 is 20.3 Å². The van der Waals surface area contributed by atoms with Crippen LogP contribution in [0.25, 0.3) is 0 Å². The van der Waals surface area contributed by atoms with E-state index in [-0.39, 0.29) is 11.7 Å². The number of aromatic carboxylic acids is 1. The second-order valence-electron chi connectivity index (χ2n) is 5.19. The Labute approximate surface area is 118 Å². The van der Waals surface area contributed by atoms with Crippen LogP contribution in [0.5, 0.6) is 5.75 Å². The van der Waals surface area contributed by atoms with Gasteiger partial charge in [0.05, 0.1) is 6.10 Å². The molecule has 0 radical (unpaired) electrons. The van der Waals surface area contributed by atoms with Crippen LogP contribution in [0.4, 0.5) is 0 Å². The monoisotopic (exact) mass is 279 g/mol. The van der Waals surface area contributed by atoms with E-state index < -0.39 is 5.97 Å². The number of hydrogen-bond donors (Lipinski definition) is 3. The van der Waals surface area contributed by atoms with E-state index >= 15 is 0 Å². The lowest BCUT2D eigenvalue weighted by Crippen LogP contribution is -2.26. The number of carboxylic acids is 1. The van der Waals surface area contributed by atoms with Gasteiger partial charge in [0, 0.05) is 6.54 Å². The first-order chi connectivity index (χ1) is 9.66. The molecule has 20 heavy (non-hydrogen) atoms. The predicted octanol–water partition coefficient (Wildman–Crippen LogP) is 1.51. The lowest BCUT2D eigenvalue weighted by molar-refractivity contribution is 0.0692. The highest BCUT2D eigenvalue weighted by molar-refractivity contribution is 5.90. The number of benzene rings is 1. The normalized spacial score (nSPS) is 21.9. The average molecular weight is 279 g/mol. The first kappa shape index (κ1) is 14.8. The summed E-state index contributed by atoms with van der Waals surface area (Å²) in [7, 11) is 0. The van der Waals surface area contributed by atoms with Crippen molar-refractivity contribution in [1.29, 1.82) is 0 Å². The first-order valence-electron chi connectivity index (χ1n) is 7.00. The Morgan fingerprint density at radius 1 is 1.35 bits per heavy atom. The Bertz CT molecular complexity index is 449. The number of aliphatic hydroxyl groups excluding tert-OH is 1. The fourth-order valence-electron chi connectivity index (χ4n) is 2.54. The molecule has 0 aromatic heterocycles. The highest BCUT2D eigenvalue weighted by Gasteiger charge is 2.21. The summed E-state index contributed by atoms with van der Waals surface area (Å²) in [6, 6.07) is 6.64. The molecule has 1 aliphatic carbocycles. The molecule has 1 aromatic carbocycles. The number of ether oxygens (including phenoxy) is 1. The summed E-state index contributed by atoms with van der Waals surface area (Å²) in [6.45, 7) is 1.97. The molecule has 1 saturated carbocycles. The highest BCUT2D eigenvalue weighted by atomic mass is 16.5. The van der Waals surface area contributed by atoms with Crippen LogP contribution in [0.1, 0.15) is 29.6 Å². The van der Waals surface area contributed by atoms with E-state index in [1.54, 1.807) is 18.2 Å². The Kier molecular flexibility index (Phi) is 5.38. The summed E-state index contributed by atoms with van der Waals surface area (Å²) in [5, 5.41) is 21.7. The lowest BCUT2D eigenvalue weighted by Gasteiger charge is -2.12. The highest BCUT2D eigenvalue weighted by Crippen LogP contribution is 2.24. The van der Waals surface area contributed by atoms with E-state index in [2.05, 4.69) is 5.32 Å². The summed E-state index contributed by atoms with van der Waals surface area (Å²) in [5.74, 6) is -0.0390. The molecule has 0 bridgehead atoms. The van der Waals surface area contributed by atoms with Crippen molar-refractivity contribution in [2.75, 3.05) is 19.7 Å².